The van der Waals surface area contributed by atoms with Gasteiger partial charge in [0.25, 0.3) is 0 Å². The summed E-state index contributed by atoms with van der Waals surface area (Å²) in [5.41, 5.74) is 6.31. The summed E-state index contributed by atoms with van der Waals surface area (Å²) >= 11 is 0. The highest BCUT2D eigenvalue weighted by Gasteiger charge is 2.32. The zero-order valence-corrected chi connectivity index (χ0v) is 12.1. The molecule has 0 amide bonds. The van der Waals surface area contributed by atoms with E-state index in [4.69, 9.17) is 5.73 Å². The van der Waals surface area contributed by atoms with Crippen molar-refractivity contribution in [3.8, 4) is 0 Å². The van der Waals surface area contributed by atoms with Crippen LogP contribution in [0.3, 0.4) is 0 Å². The van der Waals surface area contributed by atoms with Crippen LogP contribution in [0, 0.1) is 23.2 Å². The van der Waals surface area contributed by atoms with Gasteiger partial charge in [-0.25, -0.2) is 0 Å². The maximum atomic E-state index is 9.51. The fourth-order valence-corrected chi connectivity index (χ4v) is 3.38. The molecule has 0 aromatic carbocycles. The third-order valence-corrected chi connectivity index (χ3v) is 4.61. The number of hydrogen-bond acceptors (Lipinski definition) is 2. The Kier molecular flexibility index (Phi) is 5.46. The molecule has 102 valence electrons. The van der Waals surface area contributed by atoms with Crippen LogP contribution in [-0.2, 0) is 0 Å². The van der Waals surface area contributed by atoms with Gasteiger partial charge >= 0.3 is 0 Å². The van der Waals surface area contributed by atoms with E-state index in [0.717, 1.165) is 24.8 Å². The van der Waals surface area contributed by atoms with E-state index in [1.54, 1.807) is 0 Å². The summed E-state index contributed by atoms with van der Waals surface area (Å²) in [7, 11) is 0. The highest BCUT2D eigenvalue weighted by Crippen LogP contribution is 2.42. The second-order valence-corrected chi connectivity index (χ2v) is 7.06. The van der Waals surface area contributed by atoms with Crippen LogP contribution in [0.1, 0.15) is 59.8 Å². The number of hydrogen-bond donors (Lipinski definition) is 2. The molecule has 0 radical (unpaired) electrons. The first kappa shape index (κ1) is 15.0. The molecular formula is C15H31NO. The molecule has 0 aromatic rings. The molecule has 1 saturated carbocycles. The summed E-state index contributed by atoms with van der Waals surface area (Å²) in [4.78, 5) is 0. The molecule has 0 aromatic heterocycles. The Morgan fingerprint density at radius 3 is 2.06 bits per heavy atom. The smallest absolute Gasteiger partial charge is 0.0515 e. The van der Waals surface area contributed by atoms with Crippen LogP contribution in [0.4, 0.5) is 0 Å². The minimum absolute atomic E-state index is 0.205. The first-order valence-electron chi connectivity index (χ1n) is 7.22. The fourth-order valence-electron chi connectivity index (χ4n) is 3.38. The van der Waals surface area contributed by atoms with Gasteiger partial charge in [-0.2, -0.15) is 0 Å². The summed E-state index contributed by atoms with van der Waals surface area (Å²) in [5.74, 6) is 2.13. The standard InChI is InChI=1S/C15H31NO/c1-11(17)9-13(10-16)12-5-7-14(8-6-12)15(2,3)4/h11-14,17H,5-10,16H2,1-4H3. The Labute approximate surface area is 107 Å². The van der Waals surface area contributed by atoms with Gasteiger partial charge < -0.3 is 10.8 Å². The average Bonchev–Trinajstić information content (AvgIpc) is 2.24. The topological polar surface area (TPSA) is 46.2 Å². The van der Waals surface area contributed by atoms with Crippen molar-refractivity contribution in [3.05, 3.63) is 0 Å². The van der Waals surface area contributed by atoms with Crippen molar-refractivity contribution < 1.29 is 5.11 Å². The largest absolute Gasteiger partial charge is 0.393 e. The molecule has 2 unspecified atom stereocenters. The van der Waals surface area contributed by atoms with E-state index in [1.165, 1.54) is 25.7 Å². The van der Waals surface area contributed by atoms with Crippen LogP contribution in [0.25, 0.3) is 0 Å². The van der Waals surface area contributed by atoms with Crippen molar-refractivity contribution >= 4 is 0 Å². The fraction of sp³-hybridized carbons (Fsp3) is 1.00. The number of aliphatic hydroxyl groups excluding tert-OH is 1. The van der Waals surface area contributed by atoms with Gasteiger partial charge in [-0.1, -0.05) is 20.8 Å². The van der Waals surface area contributed by atoms with Gasteiger partial charge in [-0.05, 0) is 68.7 Å². The minimum atomic E-state index is -0.205. The summed E-state index contributed by atoms with van der Waals surface area (Å²) in [6.07, 6.45) is 5.95. The lowest BCUT2D eigenvalue weighted by atomic mass is 9.67. The minimum Gasteiger partial charge on any atom is -0.393 e. The number of aliphatic hydroxyl groups is 1. The molecule has 1 aliphatic carbocycles. The number of nitrogens with two attached hydrogens (primary N) is 1. The van der Waals surface area contributed by atoms with Gasteiger partial charge in [-0.3, -0.25) is 0 Å². The Balaban J connectivity index is 2.44. The molecule has 3 N–H and O–H groups in total. The van der Waals surface area contributed by atoms with Crippen LogP contribution in [0.2, 0.25) is 0 Å². The third-order valence-electron chi connectivity index (χ3n) is 4.61. The highest BCUT2D eigenvalue weighted by molar-refractivity contribution is 4.84. The van der Waals surface area contributed by atoms with Crippen LogP contribution < -0.4 is 5.73 Å². The van der Waals surface area contributed by atoms with Gasteiger partial charge in [0, 0.05) is 0 Å². The van der Waals surface area contributed by atoms with Crippen molar-refractivity contribution in [1.29, 1.82) is 0 Å². The van der Waals surface area contributed by atoms with Crippen molar-refractivity contribution in [3.63, 3.8) is 0 Å². The molecule has 0 spiro atoms. The van der Waals surface area contributed by atoms with E-state index in [9.17, 15) is 5.11 Å². The van der Waals surface area contributed by atoms with Crippen LogP contribution in [-0.4, -0.2) is 17.8 Å². The second kappa shape index (κ2) is 6.19. The maximum absolute atomic E-state index is 9.51. The predicted octanol–water partition coefficient (Wildman–Crippen LogP) is 3.18. The Morgan fingerprint density at radius 1 is 1.18 bits per heavy atom. The Morgan fingerprint density at radius 2 is 1.71 bits per heavy atom. The van der Waals surface area contributed by atoms with Crippen LogP contribution in [0.15, 0.2) is 0 Å². The molecule has 1 fully saturated rings. The lowest BCUT2D eigenvalue weighted by molar-refractivity contribution is 0.0945. The van der Waals surface area contributed by atoms with Crippen molar-refractivity contribution in [2.24, 2.45) is 28.9 Å². The molecule has 0 bridgehead atoms. The maximum Gasteiger partial charge on any atom is 0.0515 e. The van der Waals surface area contributed by atoms with E-state index in [2.05, 4.69) is 20.8 Å². The van der Waals surface area contributed by atoms with Crippen LogP contribution >= 0.6 is 0 Å². The van der Waals surface area contributed by atoms with Crippen LogP contribution in [0.5, 0.6) is 0 Å². The molecule has 0 saturated heterocycles. The molecule has 0 heterocycles. The van der Waals surface area contributed by atoms with E-state index in [1.807, 2.05) is 6.92 Å². The molecule has 1 rings (SSSR count). The molecule has 17 heavy (non-hydrogen) atoms. The number of rotatable bonds is 4. The van der Waals surface area contributed by atoms with E-state index >= 15 is 0 Å². The lowest BCUT2D eigenvalue weighted by Gasteiger charge is -2.39. The van der Waals surface area contributed by atoms with Crippen molar-refractivity contribution in [2.45, 2.75) is 65.9 Å². The molecule has 2 atom stereocenters. The lowest BCUT2D eigenvalue weighted by Crippen LogP contribution is -2.32. The molecule has 2 heteroatoms. The van der Waals surface area contributed by atoms with Gasteiger partial charge in [0.15, 0.2) is 0 Å². The van der Waals surface area contributed by atoms with E-state index < -0.39 is 0 Å². The summed E-state index contributed by atoms with van der Waals surface area (Å²) < 4.78 is 0. The first-order chi connectivity index (χ1) is 7.84. The molecule has 1 aliphatic rings. The molecule has 2 nitrogen and oxygen atoms in total. The molecule has 0 aliphatic heterocycles. The quantitative estimate of drug-likeness (QED) is 0.794. The van der Waals surface area contributed by atoms with Gasteiger partial charge in [0.05, 0.1) is 6.10 Å². The predicted molar refractivity (Wildman–Crippen MR) is 73.7 cm³/mol. The van der Waals surface area contributed by atoms with Gasteiger partial charge in [-0.15, -0.1) is 0 Å². The van der Waals surface area contributed by atoms with Crippen molar-refractivity contribution in [1.82, 2.24) is 0 Å². The normalized spacial score (nSPS) is 30.0. The van der Waals surface area contributed by atoms with E-state index in [0.29, 0.717) is 11.3 Å². The average molecular weight is 241 g/mol. The monoisotopic (exact) mass is 241 g/mol. The summed E-state index contributed by atoms with van der Waals surface area (Å²) in [6, 6.07) is 0. The SMILES string of the molecule is CC(O)CC(CN)C1CCC(C(C)(C)C)CC1. The van der Waals surface area contributed by atoms with Gasteiger partial charge in [0.1, 0.15) is 0 Å². The zero-order valence-electron chi connectivity index (χ0n) is 12.1. The third kappa shape index (κ3) is 4.59. The Bertz CT molecular complexity index is 211. The highest BCUT2D eigenvalue weighted by atomic mass is 16.3. The van der Waals surface area contributed by atoms with E-state index in [-0.39, 0.29) is 6.10 Å². The molecular weight excluding hydrogens is 210 g/mol. The summed E-state index contributed by atoms with van der Waals surface area (Å²) in [5, 5.41) is 9.51. The first-order valence-corrected chi connectivity index (χ1v) is 7.22. The second-order valence-electron chi connectivity index (χ2n) is 7.06. The van der Waals surface area contributed by atoms with Gasteiger partial charge in [0.2, 0.25) is 0 Å². The Hall–Kier alpha value is -0.0800. The van der Waals surface area contributed by atoms with Crippen molar-refractivity contribution in [2.75, 3.05) is 6.54 Å². The zero-order chi connectivity index (χ0) is 13.1. The summed E-state index contributed by atoms with van der Waals surface area (Å²) in [6.45, 7) is 9.68.